The third-order valence-electron chi connectivity index (χ3n) is 1.99. The van der Waals surface area contributed by atoms with Gasteiger partial charge in [-0.25, -0.2) is 0 Å². The maximum atomic E-state index is 3.49. The van der Waals surface area contributed by atoms with E-state index in [2.05, 4.69) is 47.7 Å². The summed E-state index contributed by atoms with van der Waals surface area (Å²) < 4.78 is 0. The van der Waals surface area contributed by atoms with Gasteiger partial charge >= 0.3 is 0 Å². The lowest BCUT2D eigenvalue weighted by molar-refractivity contribution is 0.316. The Balaban J connectivity index is 3.72. The Bertz CT molecular complexity index is 139. The standard InChI is InChI=1S/C11H22BrN/c1-4-5-8-13(10-7-12)9-6-11(2)3/h6H,4-5,7-10H2,1-3H3. The minimum Gasteiger partial charge on any atom is -0.299 e. The van der Waals surface area contributed by atoms with E-state index >= 15 is 0 Å². The van der Waals surface area contributed by atoms with Crippen LogP contribution in [0.3, 0.4) is 0 Å². The second kappa shape index (κ2) is 8.76. The predicted octanol–water partition coefficient (Wildman–Crippen LogP) is 3.45. The molecule has 0 rings (SSSR count). The van der Waals surface area contributed by atoms with Gasteiger partial charge in [0, 0.05) is 18.4 Å². The van der Waals surface area contributed by atoms with Crippen molar-refractivity contribution in [3.8, 4) is 0 Å². The topological polar surface area (TPSA) is 3.24 Å². The normalized spacial score (nSPS) is 10.5. The van der Waals surface area contributed by atoms with Crippen LogP contribution in [0.4, 0.5) is 0 Å². The van der Waals surface area contributed by atoms with Crippen LogP contribution in [-0.4, -0.2) is 29.9 Å². The summed E-state index contributed by atoms with van der Waals surface area (Å²) in [5.41, 5.74) is 1.41. The van der Waals surface area contributed by atoms with Crippen LogP contribution in [0, 0.1) is 0 Å². The lowest BCUT2D eigenvalue weighted by Crippen LogP contribution is -2.27. The smallest absolute Gasteiger partial charge is 0.0165 e. The number of rotatable bonds is 7. The van der Waals surface area contributed by atoms with Crippen LogP contribution in [0.5, 0.6) is 0 Å². The van der Waals surface area contributed by atoms with Crippen molar-refractivity contribution in [3.63, 3.8) is 0 Å². The van der Waals surface area contributed by atoms with Crippen LogP contribution in [0.15, 0.2) is 11.6 Å². The van der Waals surface area contributed by atoms with Crippen molar-refractivity contribution >= 4 is 15.9 Å². The van der Waals surface area contributed by atoms with Gasteiger partial charge < -0.3 is 0 Å². The Morgan fingerprint density at radius 2 is 2.00 bits per heavy atom. The number of hydrogen-bond donors (Lipinski definition) is 0. The molecule has 0 unspecified atom stereocenters. The molecule has 13 heavy (non-hydrogen) atoms. The molecule has 0 fully saturated rings. The van der Waals surface area contributed by atoms with Crippen molar-refractivity contribution in [1.29, 1.82) is 0 Å². The number of unbranched alkanes of at least 4 members (excludes halogenated alkanes) is 1. The molecule has 0 atom stereocenters. The van der Waals surface area contributed by atoms with Crippen LogP contribution in [0.25, 0.3) is 0 Å². The van der Waals surface area contributed by atoms with E-state index in [4.69, 9.17) is 0 Å². The molecule has 0 N–H and O–H groups in total. The van der Waals surface area contributed by atoms with Gasteiger partial charge in [-0.2, -0.15) is 0 Å². The van der Waals surface area contributed by atoms with E-state index in [1.807, 2.05) is 0 Å². The van der Waals surface area contributed by atoms with Gasteiger partial charge in [-0.15, -0.1) is 0 Å². The molecule has 1 nitrogen and oxygen atoms in total. The van der Waals surface area contributed by atoms with Crippen molar-refractivity contribution in [2.45, 2.75) is 33.6 Å². The second-order valence-electron chi connectivity index (χ2n) is 3.62. The van der Waals surface area contributed by atoms with E-state index in [-0.39, 0.29) is 0 Å². The molecule has 2 heteroatoms. The van der Waals surface area contributed by atoms with Crippen molar-refractivity contribution in [2.24, 2.45) is 0 Å². The summed E-state index contributed by atoms with van der Waals surface area (Å²) in [4.78, 5) is 2.49. The summed E-state index contributed by atoms with van der Waals surface area (Å²) in [6.07, 6.45) is 4.90. The lowest BCUT2D eigenvalue weighted by Gasteiger charge is -2.19. The van der Waals surface area contributed by atoms with Crippen LogP contribution in [0.1, 0.15) is 33.6 Å². The molecule has 0 aromatic carbocycles. The van der Waals surface area contributed by atoms with E-state index in [0.29, 0.717) is 0 Å². The van der Waals surface area contributed by atoms with Crippen molar-refractivity contribution < 1.29 is 0 Å². The van der Waals surface area contributed by atoms with Gasteiger partial charge in [-0.05, 0) is 26.8 Å². The molecule has 0 aromatic heterocycles. The number of nitrogens with zero attached hydrogens (tertiary/aromatic N) is 1. The molecule has 0 aliphatic carbocycles. The molecule has 0 bridgehead atoms. The van der Waals surface area contributed by atoms with Gasteiger partial charge in [0.25, 0.3) is 0 Å². The van der Waals surface area contributed by atoms with E-state index < -0.39 is 0 Å². The number of alkyl halides is 1. The first-order valence-corrected chi connectivity index (χ1v) is 6.24. The first kappa shape index (κ1) is 13.2. The Hall–Kier alpha value is 0.180. The highest BCUT2D eigenvalue weighted by Gasteiger charge is 2.00. The van der Waals surface area contributed by atoms with Gasteiger partial charge in [0.15, 0.2) is 0 Å². The van der Waals surface area contributed by atoms with E-state index in [9.17, 15) is 0 Å². The SMILES string of the molecule is CCCCN(CC=C(C)C)CCBr. The van der Waals surface area contributed by atoms with Crippen molar-refractivity contribution in [2.75, 3.05) is 25.0 Å². The van der Waals surface area contributed by atoms with Gasteiger partial charge in [-0.3, -0.25) is 4.90 Å². The average molecular weight is 248 g/mol. The fraction of sp³-hybridized carbons (Fsp3) is 0.818. The highest BCUT2D eigenvalue weighted by molar-refractivity contribution is 9.09. The first-order chi connectivity index (χ1) is 6.20. The van der Waals surface area contributed by atoms with Crippen LogP contribution in [-0.2, 0) is 0 Å². The summed E-state index contributed by atoms with van der Waals surface area (Å²) in [6.45, 7) is 10.1. The Morgan fingerprint density at radius 3 is 2.46 bits per heavy atom. The molecule has 0 aromatic rings. The van der Waals surface area contributed by atoms with Gasteiger partial charge in [0.2, 0.25) is 0 Å². The lowest BCUT2D eigenvalue weighted by atomic mass is 10.3. The third-order valence-corrected chi connectivity index (χ3v) is 2.34. The highest BCUT2D eigenvalue weighted by Crippen LogP contribution is 1.98. The zero-order chi connectivity index (χ0) is 10.1. The number of hydrogen-bond acceptors (Lipinski definition) is 1. The molecule has 0 radical (unpaired) electrons. The Morgan fingerprint density at radius 1 is 1.31 bits per heavy atom. The summed E-state index contributed by atoms with van der Waals surface area (Å²) in [5.74, 6) is 0. The van der Waals surface area contributed by atoms with Crippen LogP contribution >= 0.6 is 15.9 Å². The molecular formula is C11H22BrN. The van der Waals surface area contributed by atoms with Gasteiger partial charge in [0.05, 0.1) is 0 Å². The molecular weight excluding hydrogens is 226 g/mol. The maximum absolute atomic E-state index is 3.49. The van der Waals surface area contributed by atoms with E-state index in [1.165, 1.54) is 25.0 Å². The van der Waals surface area contributed by atoms with E-state index in [1.54, 1.807) is 0 Å². The molecule has 0 saturated carbocycles. The zero-order valence-electron chi connectivity index (χ0n) is 9.15. The van der Waals surface area contributed by atoms with Gasteiger partial charge in [-0.1, -0.05) is 40.9 Å². The van der Waals surface area contributed by atoms with Gasteiger partial charge in [0.1, 0.15) is 0 Å². The summed E-state index contributed by atoms with van der Waals surface area (Å²) in [7, 11) is 0. The summed E-state index contributed by atoms with van der Waals surface area (Å²) in [5, 5.41) is 1.08. The van der Waals surface area contributed by atoms with E-state index in [0.717, 1.165) is 18.4 Å². The molecule has 0 heterocycles. The Kier molecular flexibility index (Phi) is 8.89. The maximum Gasteiger partial charge on any atom is 0.0165 e. The minimum absolute atomic E-state index is 1.08. The fourth-order valence-corrected chi connectivity index (χ4v) is 1.61. The quantitative estimate of drug-likeness (QED) is 0.492. The predicted molar refractivity (Wildman–Crippen MR) is 64.6 cm³/mol. The highest BCUT2D eigenvalue weighted by atomic mass is 79.9. The van der Waals surface area contributed by atoms with Crippen molar-refractivity contribution in [3.05, 3.63) is 11.6 Å². The fourth-order valence-electron chi connectivity index (χ4n) is 1.11. The molecule has 0 aliphatic rings. The molecule has 0 saturated heterocycles. The zero-order valence-corrected chi connectivity index (χ0v) is 10.7. The monoisotopic (exact) mass is 247 g/mol. The van der Waals surface area contributed by atoms with Crippen LogP contribution in [0.2, 0.25) is 0 Å². The summed E-state index contributed by atoms with van der Waals surface area (Å²) in [6, 6.07) is 0. The van der Waals surface area contributed by atoms with Crippen LogP contribution < -0.4 is 0 Å². The molecule has 0 aliphatic heterocycles. The summed E-state index contributed by atoms with van der Waals surface area (Å²) >= 11 is 3.49. The Labute approximate surface area is 91.3 Å². The minimum atomic E-state index is 1.08. The van der Waals surface area contributed by atoms with Crippen molar-refractivity contribution in [1.82, 2.24) is 4.90 Å². The number of halogens is 1. The number of allylic oxidation sites excluding steroid dienone is 1. The largest absolute Gasteiger partial charge is 0.299 e. The second-order valence-corrected chi connectivity index (χ2v) is 4.42. The molecule has 78 valence electrons. The molecule has 0 spiro atoms. The molecule has 0 amide bonds. The third kappa shape index (κ3) is 8.51. The first-order valence-electron chi connectivity index (χ1n) is 5.12. The average Bonchev–Trinajstić information content (AvgIpc) is 2.09.